The van der Waals surface area contributed by atoms with Crippen LogP contribution in [0, 0.1) is 5.82 Å². The summed E-state index contributed by atoms with van der Waals surface area (Å²) in [5.74, 6) is -0.636. The number of unbranched alkanes of at least 4 members (excludes halogenated alkanes) is 2. The Kier molecular flexibility index (Phi) is 5.51. The van der Waals surface area contributed by atoms with Gasteiger partial charge in [-0.25, -0.2) is 9.18 Å². The summed E-state index contributed by atoms with van der Waals surface area (Å²) in [6.45, 7) is 0.277. The number of halogens is 2. The third-order valence-electron chi connectivity index (χ3n) is 4.89. The number of benzene rings is 2. The lowest BCUT2D eigenvalue weighted by Gasteiger charge is -2.06. The number of ether oxygens (including phenoxy) is 1. The smallest absolute Gasteiger partial charge is 0.345 e. The second-order valence-corrected chi connectivity index (χ2v) is 6.87. The number of hydrogen-bond acceptors (Lipinski definition) is 3. The molecule has 0 N–H and O–H groups in total. The number of nitrogens with zero attached hydrogens (tertiary/aromatic N) is 2. The van der Waals surface area contributed by atoms with Gasteiger partial charge in [-0.05, 0) is 49.6 Å². The van der Waals surface area contributed by atoms with Crippen LogP contribution in [0.2, 0.25) is 0 Å². The normalized spacial score (nSPS) is 11.2. The van der Waals surface area contributed by atoms with Gasteiger partial charge in [0.25, 0.3) is 0 Å². The van der Waals surface area contributed by atoms with E-state index in [1.807, 2.05) is 22.8 Å². The average Bonchev–Trinajstić information content (AvgIpc) is 3.09. The van der Waals surface area contributed by atoms with Crippen LogP contribution in [-0.2, 0) is 6.54 Å². The highest BCUT2D eigenvalue weighted by atomic mass is 19.1. The Morgan fingerprint density at radius 1 is 1.07 bits per heavy atom. The minimum Gasteiger partial charge on any atom is -0.421 e. The topological polar surface area (TPSA) is 44.1 Å². The van der Waals surface area contributed by atoms with Gasteiger partial charge in [-0.1, -0.05) is 18.2 Å². The summed E-state index contributed by atoms with van der Waals surface area (Å²) in [5.41, 5.74) is 1.62. The maximum Gasteiger partial charge on any atom is 0.345 e. The third-order valence-corrected chi connectivity index (χ3v) is 4.89. The van der Waals surface area contributed by atoms with Crippen molar-refractivity contribution in [3.63, 3.8) is 0 Å². The minimum atomic E-state index is -0.568. The van der Waals surface area contributed by atoms with Gasteiger partial charge in [-0.15, -0.1) is 0 Å². The van der Waals surface area contributed by atoms with E-state index in [9.17, 15) is 13.6 Å². The van der Waals surface area contributed by atoms with Crippen molar-refractivity contribution in [2.45, 2.75) is 25.8 Å². The first kappa shape index (κ1) is 19.1. The van der Waals surface area contributed by atoms with Gasteiger partial charge in [-0.3, -0.25) is 9.37 Å². The zero-order chi connectivity index (χ0) is 20.2. The Balaban J connectivity index is 1.67. The predicted molar refractivity (Wildman–Crippen MR) is 108 cm³/mol. The van der Waals surface area contributed by atoms with E-state index < -0.39 is 11.8 Å². The lowest BCUT2D eigenvalue weighted by atomic mass is 10.1. The van der Waals surface area contributed by atoms with Crippen LogP contribution in [0.4, 0.5) is 8.78 Å². The van der Waals surface area contributed by atoms with Gasteiger partial charge in [0.05, 0.1) is 12.2 Å². The third kappa shape index (κ3) is 3.97. The molecule has 2 heterocycles. The van der Waals surface area contributed by atoms with Crippen molar-refractivity contribution in [1.82, 2.24) is 9.55 Å². The monoisotopic (exact) mass is 394 g/mol. The van der Waals surface area contributed by atoms with Gasteiger partial charge in [0, 0.05) is 35.2 Å². The average molecular weight is 394 g/mol. The fourth-order valence-corrected chi connectivity index (χ4v) is 3.48. The number of carbonyl (C=O) groups excluding carboxylic acids is 1. The van der Waals surface area contributed by atoms with Gasteiger partial charge < -0.3 is 9.30 Å². The van der Waals surface area contributed by atoms with E-state index in [-0.39, 0.29) is 12.2 Å². The largest absolute Gasteiger partial charge is 0.421 e. The van der Waals surface area contributed by atoms with Gasteiger partial charge in [0.2, 0.25) is 0 Å². The van der Waals surface area contributed by atoms with E-state index in [0.29, 0.717) is 29.6 Å². The zero-order valence-electron chi connectivity index (χ0n) is 15.8. The summed E-state index contributed by atoms with van der Waals surface area (Å²) >= 11 is 0. The molecule has 0 saturated heterocycles. The van der Waals surface area contributed by atoms with E-state index in [2.05, 4.69) is 4.98 Å². The molecule has 0 unspecified atom stereocenters. The Morgan fingerprint density at radius 2 is 1.93 bits per heavy atom. The van der Waals surface area contributed by atoms with Crippen molar-refractivity contribution >= 4 is 27.8 Å². The molecule has 0 aliphatic carbocycles. The Hall–Kier alpha value is -3.28. The van der Waals surface area contributed by atoms with E-state index in [1.54, 1.807) is 30.6 Å². The standard InChI is InChI=1S/C23H20F2N2O2/c24-11-2-1-3-13-27-15-19(18-14-17(25)9-10-20(18)27)23(28)29-21-8-4-6-16-7-5-12-26-22(16)21/h4-10,12,14-15H,1-3,11,13H2. The number of rotatable bonds is 7. The second-order valence-electron chi connectivity index (χ2n) is 6.87. The number of hydrogen-bond donors (Lipinski definition) is 0. The zero-order valence-corrected chi connectivity index (χ0v) is 15.8. The quantitative estimate of drug-likeness (QED) is 0.230. The molecule has 148 valence electrons. The van der Waals surface area contributed by atoms with Crippen LogP contribution in [0.1, 0.15) is 29.6 Å². The van der Waals surface area contributed by atoms with Gasteiger partial charge in [0.1, 0.15) is 11.3 Å². The van der Waals surface area contributed by atoms with Gasteiger partial charge in [-0.2, -0.15) is 0 Å². The number of esters is 1. The molecule has 2 aromatic heterocycles. The number of pyridine rings is 1. The fourth-order valence-electron chi connectivity index (χ4n) is 3.48. The van der Waals surface area contributed by atoms with E-state index in [0.717, 1.165) is 23.7 Å². The lowest BCUT2D eigenvalue weighted by molar-refractivity contribution is 0.0738. The molecule has 0 radical (unpaired) electrons. The molecule has 0 fully saturated rings. The molecule has 0 spiro atoms. The van der Waals surface area contributed by atoms with Crippen molar-refractivity contribution in [3.05, 3.63) is 72.3 Å². The molecule has 0 bridgehead atoms. The number of alkyl halides is 1. The highest BCUT2D eigenvalue weighted by Crippen LogP contribution is 2.27. The number of fused-ring (bicyclic) bond motifs is 2. The lowest BCUT2D eigenvalue weighted by Crippen LogP contribution is -2.08. The Labute approximate surface area is 166 Å². The summed E-state index contributed by atoms with van der Waals surface area (Å²) in [5, 5.41) is 1.35. The Bertz CT molecular complexity index is 1160. The molecule has 2 aromatic carbocycles. The molecular weight excluding hydrogens is 374 g/mol. The van der Waals surface area contributed by atoms with Crippen molar-refractivity contribution in [3.8, 4) is 5.75 Å². The van der Waals surface area contributed by atoms with Crippen LogP contribution < -0.4 is 4.74 Å². The minimum absolute atomic E-state index is 0.290. The van der Waals surface area contributed by atoms with Crippen molar-refractivity contribution in [2.75, 3.05) is 6.67 Å². The van der Waals surface area contributed by atoms with Crippen LogP contribution in [0.5, 0.6) is 5.75 Å². The first-order chi connectivity index (χ1) is 14.2. The van der Waals surface area contributed by atoms with Crippen LogP contribution in [-0.4, -0.2) is 22.2 Å². The maximum absolute atomic E-state index is 13.9. The van der Waals surface area contributed by atoms with Crippen LogP contribution in [0.15, 0.2) is 60.9 Å². The predicted octanol–water partition coefficient (Wildman–Crippen LogP) is 5.69. The molecule has 4 aromatic rings. The van der Waals surface area contributed by atoms with E-state index >= 15 is 0 Å². The first-order valence-corrected chi connectivity index (χ1v) is 9.57. The Morgan fingerprint density at radius 3 is 2.79 bits per heavy atom. The van der Waals surface area contributed by atoms with Crippen molar-refractivity contribution in [2.24, 2.45) is 0 Å². The van der Waals surface area contributed by atoms with E-state index in [1.165, 1.54) is 12.1 Å². The summed E-state index contributed by atoms with van der Waals surface area (Å²) in [4.78, 5) is 17.2. The van der Waals surface area contributed by atoms with Crippen molar-refractivity contribution in [1.29, 1.82) is 0 Å². The molecule has 4 nitrogen and oxygen atoms in total. The van der Waals surface area contributed by atoms with E-state index in [4.69, 9.17) is 4.74 Å². The highest BCUT2D eigenvalue weighted by Gasteiger charge is 2.19. The van der Waals surface area contributed by atoms with Crippen LogP contribution in [0.3, 0.4) is 0 Å². The molecule has 0 amide bonds. The van der Waals surface area contributed by atoms with Crippen LogP contribution >= 0.6 is 0 Å². The summed E-state index contributed by atoms with van der Waals surface area (Å²) in [6, 6.07) is 13.4. The van der Waals surface area contributed by atoms with Crippen LogP contribution in [0.25, 0.3) is 21.8 Å². The molecule has 29 heavy (non-hydrogen) atoms. The number of para-hydroxylation sites is 1. The first-order valence-electron chi connectivity index (χ1n) is 9.57. The molecule has 6 heteroatoms. The summed E-state index contributed by atoms with van der Waals surface area (Å²) in [7, 11) is 0. The summed E-state index contributed by atoms with van der Waals surface area (Å²) in [6.07, 6.45) is 5.35. The molecule has 0 saturated carbocycles. The fraction of sp³-hybridized carbons (Fsp3) is 0.217. The molecule has 0 atom stereocenters. The molecule has 0 aliphatic heterocycles. The summed E-state index contributed by atoms with van der Waals surface area (Å²) < 4.78 is 33.7. The SMILES string of the molecule is O=C(Oc1cccc2cccnc12)c1cn(CCCCCF)c2ccc(F)cc12. The molecule has 4 rings (SSSR count). The maximum atomic E-state index is 13.9. The van der Waals surface area contributed by atoms with Gasteiger partial charge >= 0.3 is 5.97 Å². The second kappa shape index (κ2) is 8.39. The van der Waals surface area contributed by atoms with Crippen molar-refractivity contribution < 1.29 is 18.3 Å². The number of aryl methyl sites for hydroxylation is 1. The molecular formula is C23H20F2N2O2. The van der Waals surface area contributed by atoms with Gasteiger partial charge in [0.15, 0.2) is 5.75 Å². The number of carbonyl (C=O) groups is 1. The highest BCUT2D eigenvalue weighted by molar-refractivity contribution is 6.05. The number of aromatic nitrogens is 2. The molecule has 0 aliphatic rings.